The molecule has 0 aliphatic rings. The first-order chi connectivity index (χ1) is 7.93. The maximum atomic E-state index is 6.13. The summed E-state index contributed by atoms with van der Waals surface area (Å²) in [6.45, 7) is 15.7. The van der Waals surface area contributed by atoms with E-state index < -0.39 is 0 Å². The van der Waals surface area contributed by atoms with Crippen LogP contribution >= 0.6 is 0 Å². The molecule has 0 aliphatic heterocycles. The summed E-state index contributed by atoms with van der Waals surface area (Å²) in [5.41, 5.74) is 6.35. The molecule has 0 aromatic heterocycles. The molecule has 0 fully saturated rings. The second-order valence-electron chi connectivity index (χ2n) is 6.03. The molecule has 2 heteroatoms. The van der Waals surface area contributed by atoms with Gasteiger partial charge in [-0.05, 0) is 32.6 Å². The van der Waals surface area contributed by atoms with Crippen LogP contribution in [0.1, 0.15) is 67.2 Å². The quantitative estimate of drug-likeness (QED) is 0.669. The molecule has 0 aromatic carbocycles. The van der Waals surface area contributed by atoms with E-state index in [9.17, 15) is 0 Å². The molecule has 0 heterocycles. The maximum absolute atomic E-state index is 6.13. The zero-order chi connectivity index (χ0) is 13.5. The van der Waals surface area contributed by atoms with Crippen LogP contribution in [0.5, 0.6) is 0 Å². The summed E-state index contributed by atoms with van der Waals surface area (Å²) in [5, 5.41) is 0. The molecule has 0 amide bonds. The van der Waals surface area contributed by atoms with E-state index in [1.54, 1.807) is 0 Å². The third-order valence-electron chi connectivity index (χ3n) is 3.83. The van der Waals surface area contributed by atoms with Gasteiger partial charge in [0.2, 0.25) is 0 Å². The fourth-order valence-electron chi connectivity index (χ4n) is 2.74. The molecule has 0 saturated heterocycles. The van der Waals surface area contributed by atoms with Crippen molar-refractivity contribution in [2.45, 2.75) is 78.8 Å². The highest BCUT2D eigenvalue weighted by Crippen LogP contribution is 2.28. The highest BCUT2D eigenvalue weighted by molar-refractivity contribution is 4.92. The fourth-order valence-corrected chi connectivity index (χ4v) is 2.74. The van der Waals surface area contributed by atoms with Crippen LogP contribution < -0.4 is 5.73 Å². The van der Waals surface area contributed by atoms with Crippen molar-refractivity contribution in [3.05, 3.63) is 0 Å². The lowest BCUT2D eigenvalue weighted by Crippen LogP contribution is -2.57. The Bertz CT molecular complexity index is 183. The first-order valence-electron chi connectivity index (χ1n) is 7.40. The molecule has 2 nitrogen and oxygen atoms in total. The Morgan fingerprint density at radius 1 is 1.12 bits per heavy atom. The highest BCUT2D eigenvalue weighted by atomic mass is 15.2. The van der Waals surface area contributed by atoms with Gasteiger partial charge in [0.25, 0.3) is 0 Å². The van der Waals surface area contributed by atoms with E-state index in [1.165, 1.54) is 19.3 Å². The lowest BCUT2D eigenvalue weighted by atomic mass is 9.86. The maximum Gasteiger partial charge on any atom is 0.0331 e. The van der Waals surface area contributed by atoms with Gasteiger partial charge < -0.3 is 5.73 Å². The molecule has 0 radical (unpaired) electrons. The Morgan fingerprint density at radius 2 is 1.71 bits per heavy atom. The van der Waals surface area contributed by atoms with Crippen molar-refractivity contribution in [1.29, 1.82) is 0 Å². The summed E-state index contributed by atoms with van der Waals surface area (Å²) in [4.78, 5) is 2.65. The topological polar surface area (TPSA) is 29.3 Å². The number of hydrogen-bond acceptors (Lipinski definition) is 2. The molecular weight excluding hydrogens is 208 g/mol. The van der Waals surface area contributed by atoms with Crippen molar-refractivity contribution in [1.82, 2.24) is 4.90 Å². The Kier molecular flexibility index (Phi) is 8.06. The third kappa shape index (κ3) is 4.97. The molecule has 0 aromatic rings. The van der Waals surface area contributed by atoms with Gasteiger partial charge in [-0.3, -0.25) is 4.90 Å². The SMILES string of the molecule is CCCCC(CC)(CN)N(CC(C)C)C(C)C. The van der Waals surface area contributed by atoms with Gasteiger partial charge >= 0.3 is 0 Å². The van der Waals surface area contributed by atoms with Gasteiger partial charge in [-0.1, -0.05) is 40.5 Å². The molecule has 0 rings (SSSR count). The van der Waals surface area contributed by atoms with Crippen molar-refractivity contribution < 1.29 is 0 Å². The van der Waals surface area contributed by atoms with Gasteiger partial charge in [0.1, 0.15) is 0 Å². The van der Waals surface area contributed by atoms with E-state index in [4.69, 9.17) is 5.73 Å². The Hall–Kier alpha value is -0.0800. The Balaban J connectivity index is 4.91. The van der Waals surface area contributed by atoms with Gasteiger partial charge in [0.15, 0.2) is 0 Å². The minimum Gasteiger partial charge on any atom is -0.329 e. The molecule has 1 atom stereocenters. The van der Waals surface area contributed by atoms with E-state index in [0.717, 1.165) is 19.5 Å². The van der Waals surface area contributed by atoms with Crippen LogP contribution in [0.3, 0.4) is 0 Å². The zero-order valence-electron chi connectivity index (χ0n) is 12.9. The summed E-state index contributed by atoms with van der Waals surface area (Å²) < 4.78 is 0. The molecular formula is C15H34N2. The molecule has 2 N–H and O–H groups in total. The lowest BCUT2D eigenvalue weighted by Gasteiger charge is -2.46. The van der Waals surface area contributed by atoms with Gasteiger partial charge in [0.05, 0.1) is 0 Å². The molecule has 0 bridgehead atoms. The largest absolute Gasteiger partial charge is 0.329 e. The third-order valence-corrected chi connectivity index (χ3v) is 3.83. The van der Waals surface area contributed by atoms with E-state index >= 15 is 0 Å². The van der Waals surface area contributed by atoms with Gasteiger partial charge in [0, 0.05) is 24.7 Å². The van der Waals surface area contributed by atoms with E-state index in [0.29, 0.717) is 12.0 Å². The van der Waals surface area contributed by atoms with Crippen LogP contribution in [-0.2, 0) is 0 Å². The number of nitrogens with zero attached hydrogens (tertiary/aromatic N) is 1. The van der Waals surface area contributed by atoms with Crippen molar-refractivity contribution in [2.24, 2.45) is 11.7 Å². The normalized spacial score (nSPS) is 15.9. The monoisotopic (exact) mass is 242 g/mol. The molecule has 0 spiro atoms. The summed E-state index contributed by atoms with van der Waals surface area (Å²) in [6, 6.07) is 0.581. The van der Waals surface area contributed by atoms with Crippen molar-refractivity contribution in [3.8, 4) is 0 Å². The summed E-state index contributed by atoms with van der Waals surface area (Å²) in [6.07, 6.45) is 4.94. The van der Waals surface area contributed by atoms with Crippen LogP contribution in [0.2, 0.25) is 0 Å². The number of rotatable bonds is 9. The first kappa shape index (κ1) is 16.9. The van der Waals surface area contributed by atoms with Crippen molar-refractivity contribution in [3.63, 3.8) is 0 Å². The van der Waals surface area contributed by atoms with Crippen LogP contribution in [0, 0.1) is 5.92 Å². The lowest BCUT2D eigenvalue weighted by molar-refractivity contribution is 0.0370. The Labute approximate surface area is 109 Å². The molecule has 0 saturated carbocycles. The summed E-state index contributed by atoms with van der Waals surface area (Å²) in [7, 11) is 0. The number of hydrogen-bond donors (Lipinski definition) is 1. The van der Waals surface area contributed by atoms with Crippen LogP contribution in [-0.4, -0.2) is 29.6 Å². The smallest absolute Gasteiger partial charge is 0.0331 e. The molecule has 0 aliphatic carbocycles. The predicted molar refractivity (Wildman–Crippen MR) is 78.3 cm³/mol. The highest BCUT2D eigenvalue weighted by Gasteiger charge is 2.34. The molecule has 104 valence electrons. The van der Waals surface area contributed by atoms with E-state index in [1.807, 2.05) is 0 Å². The second-order valence-corrected chi connectivity index (χ2v) is 6.03. The summed E-state index contributed by atoms with van der Waals surface area (Å²) >= 11 is 0. The van der Waals surface area contributed by atoms with Crippen LogP contribution in [0.4, 0.5) is 0 Å². The number of nitrogens with two attached hydrogens (primary N) is 1. The second kappa shape index (κ2) is 8.10. The number of unbranched alkanes of at least 4 members (excludes halogenated alkanes) is 1. The molecule has 1 unspecified atom stereocenters. The van der Waals surface area contributed by atoms with Gasteiger partial charge in [-0.25, -0.2) is 0 Å². The molecule has 17 heavy (non-hydrogen) atoms. The van der Waals surface area contributed by atoms with Crippen molar-refractivity contribution >= 4 is 0 Å². The zero-order valence-corrected chi connectivity index (χ0v) is 12.9. The first-order valence-corrected chi connectivity index (χ1v) is 7.40. The van der Waals surface area contributed by atoms with Gasteiger partial charge in [-0.15, -0.1) is 0 Å². The standard InChI is InChI=1S/C15H34N2/c1-7-9-10-15(8-2,12-16)17(14(5)6)11-13(3)4/h13-14H,7-12,16H2,1-6H3. The van der Waals surface area contributed by atoms with Crippen LogP contribution in [0.15, 0.2) is 0 Å². The van der Waals surface area contributed by atoms with E-state index in [2.05, 4.69) is 46.4 Å². The average molecular weight is 242 g/mol. The Morgan fingerprint density at radius 3 is 2.00 bits per heavy atom. The van der Waals surface area contributed by atoms with Crippen LogP contribution in [0.25, 0.3) is 0 Å². The van der Waals surface area contributed by atoms with E-state index in [-0.39, 0.29) is 5.54 Å². The van der Waals surface area contributed by atoms with Crippen molar-refractivity contribution in [2.75, 3.05) is 13.1 Å². The predicted octanol–water partition coefficient (Wildman–Crippen LogP) is 3.65. The summed E-state index contributed by atoms with van der Waals surface area (Å²) in [5.74, 6) is 0.705. The van der Waals surface area contributed by atoms with Gasteiger partial charge in [-0.2, -0.15) is 0 Å². The average Bonchev–Trinajstić information content (AvgIpc) is 2.28. The minimum absolute atomic E-state index is 0.217. The fraction of sp³-hybridized carbons (Fsp3) is 1.00. The minimum atomic E-state index is 0.217.